The molecule has 0 saturated heterocycles. The zero-order valence-electron chi connectivity index (χ0n) is 36.1. The van der Waals surface area contributed by atoms with Gasteiger partial charge in [0, 0.05) is 0 Å². The Bertz CT molecular complexity index is 639. The van der Waals surface area contributed by atoms with Gasteiger partial charge in [0.2, 0.25) is 0 Å². The van der Waals surface area contributed by atoms with Gasteiger partial charge in [0.05, 0.1) is 0 Å². The van der Waals surface area contributed by atoms with E-state index in [1.807, 2.05) is 0 Å². The van der Waals surface area contributed by atoms with Crippen molar-refractivity contribution in [1.82, 2.24) is 4.90 Å². The van der Waals surface area contributed by atoms with Gasteiger partial charge in [-0.2, -0.15) is 0 Å². The Kier molecular flexibility index (Phi) is 41.2. The van der Waals surface area contributed by atoms with Gasteiger partial charge in [-0.25, -0.2) is 0 Å². The third-order valence-electron chi connectivity index (χ3n) is 11.8. The second-order valence-corrected chi connectivity index (χ2v) is 17.2. The van der Waals surface area contributed by atoms with E-state index >= 15 is 0 Å². The van der Waals surface area contributed by atoms with Crippen LogP contribution in [0.25, 0.3) is 0 Å². The van der Waals surface area contributed by atoms with Crippen molar-refractivity contribution in [3.8, 4) is 0 Å². The monoisotopic (exact) mass is 702 g/mol. The average Bonchev–Trinajstić information content (AvgIpc) is 3.11. The molecule has 50 heavy (non-hydrogen) atoms. The standard InChI is InChI=1S/C49H99N/c1-7-11-14-17-19-21-25-31-38-47(5)39-32-27-24-30-37-45-50(43-10-4)44-36-29-23-20-22-26-33-40-48(6)46-49(41-34-16-13-9-3)42-35-28-18-15-12-8-2/h48-49H,5,7-46H2,1-4,6H3. The number of unbranched alkanes of at least 4 members (excludes halogenated alkanes) is 25. The molecule has 1 nitrogen and oxygen atoms in total. The van der Waals surface area contributed by atoms with Gasteiger partial charge in [-0.1, -0.05) is 233 Å². The SMILES string of the molecule is C=C(CCCCCCCCCC)CCCCCCCN(CCC)CCCCCCCCCC(C)CC(CCCCCC)CCCCCCCC. The minimum Gasteiger partial charge on any atom is -0.303 e. The van der Waals surface area contributed by atoms with E-state index in [-0.39, 0.29) is 0 Å². The molecule has 0 aromatic heterocycles. The summed E-state index contributed by atoms with van der Waals surface area (Å²) >= 11 is 0. The molecule has 300 valence electrons. The Labute approximate surface area is 319 Å². The number of hydrogen-bond acceptors (Lipinski definition) is 1. The molecule has 2 unspecified atom stereocenters. The Morgan fingerprint density at radius 1 is 0.380 bits per heavy atom. The molecule has 0 amide bonds. The molecule has 0 heterocycles. The lowest BCUT2D eigenvalue weighted by Gasteiger charge is -2.22. The van der Waals surface area contributed by atoms with Gasteiger partial charge >= 0.3 is 0 Å². The lowest BCUT2D eigenvalue weighted by molar-refractivity contribution is 0.260. The third kappa shape index (κ3) is 37.5. The zero-order valence-corrected chi connectivity index (χ0v) is 36.1. The summed E-state index contributed by atoms with van der Waals surface area (Å²) in [5.41, 5.74) is 1.52. The smallest absolute Gasteiger partial charge is 0.00187 e. The Hall–Kier alpha value is -0.300. The van der Waals surface area contributed by atoms with Gasteiger partial charge in [0.15, 0.2) is 0 Å². The van der Waals surface area contributed by atoms with E-state index in [0.29, 0.717) is 0 Å². The van der Waals surface area contributed by atoms with Crippen molar-refractivity contribution in [2.45, 2.75) is 272 Å². The van der Waals surface area contributed by atoms with Crippen LogP contribution in [0.2, 0.25) is 0 Å². The van der Waals surface area contributed by atoms with Crippen molar-refractivity contribution in [3.05, 3.63) is 12.2 Å². The minimum atomic E-state index is 0.935. The average molecular weight is 702 g/mol. The topological polar surface area (TPSA) is 3.24 Å². The van der Waals surface area contributed by atoms with Crippen molar-refractivity contribution in [3.63, 3.8) is 0 Å². The van der Waals surface area contributed by atoms with Gasteiger partial charge < -0.3 is 4.90 Å². The van der Waals surface area contributed by atoms with E-state index in [1.54, 1.807) is 0 Å². The Morgan fingerprint density at radius 3 is 1.14 bits per heavy atom. The number of nitrogens with zero attached hydrogens (tertiary/aromatic N) is 1. The maximum absolute atomic E-state index is 4.39. The van der Waals surface area contributed by atoms with E-state index in [4.69, 9.17) is 0 Å². The lowest BCUT2D eigenvalue weighted by Crippen LogP contribution is -2.27. The Morgan fingerprint density at radius 2 is 0.720 bits per heavy atom. The lowest BCUT2D eigenvalue weighted by atomic mass is 9.85. The van der Waals surface area contributed by atoms with E-state index in [0.717, 1.165) is 11.8 Å². The summed E-state index contributed by atoms with van der Waals surface area (Å²) in [7, 11) is 0. The van der Waals surface area contributed by atoms with Gasteiger partial charge in [-0.15, -0.1) is 0 Å². The highest BCUT2D eigenvalue weighted by Gasteiger charge is 2.13. The van der Waals surface area contributed by atoms with Gasteiger partial charge in [0.1, 0.15) is 0 Å². The molecular formula is C49H99N. The number of rotatable bonds is 43. The summed E-state index contributed by atoms with van der Waals surface area (Å²) < 4.78 is 0. The van der Waals surface area contributed by atoms with E-state index in [9.17, 15) is 0 Å². The molecule has 0 aromatic carbocycles. The summed E-state index contributed by atoms with van der Waals surface area (Å²) in [4.78, 5) is 2.77. The predicted octanol–water partition coefficient (Wildman–Crippen LogP) is 17.6. The fourth-order valence-corrected chi connectivity index (χ4v) is 8.38. The molecule has 2 atom stereocenters. The molecule has 0 aliphatic heterocycles. The summed E-state index contributed by atoms with van der Waals surface area (Å²) in [5.74, 6) is 1.94. The first-order valence-corrected chi connectivity index (χ1v) is 24.0. The van der Waals surface area contributed by atoms with Crippen LogP contribution in [0, 0.1) is 11.8 Å². The van der Waals surface area contributed by atoms with Crippen LogP contribution >= 0.6 is 0 Å². The molecule has 0 radical (unpaired) electrons. The molecule has 1 heteroatoms. The van der Waals surface area contributed by atoms with Crippen LogP contribution in [0.4, 0.5) is 0 Å². The van der Waals surface area contributed by atoms with E-state index in [1.165, 1.54) is 263 Å². The summed E-state index contributed by atoms with van der Waals surface area (Å²) in [5, 5.41) is 0. The first-order valence-electron chi connectivity index (χ1n) is 24.0. The van der Waals surface area contributed by atoms with Crippen LogP contribution in [0.5, 0.6) is 0 Å². The summed E-state index contributed by atoms with van der Waals surface area (Å²) in [6.07, 6.45) is 52.8. The molecule has 0 bridgehead atoms. The molecule has 0 saturated carbocycles. The van der Waals surface area contributed by atoms with E-state index < -0.39 is 0 Å². The highest BCUT2D eigenvalue weighted by atomic mass is 15.1. The van der Waals surface area contributed by atoms with Crippen LogP contribution < -0.4 is 0 Å². The fourth-order valence-electron chi connectivity index (χ4n) is 8.38. The van der Waals surface area contributed by atoms with Crippen LogP contribution in [0.15, 0.2) is 12.2 Å². The summed E-state index contributed by atoms with van der Waals surface area (Å²) in [6, 6.07) is 0. The molecule has 0 rings (SSSR count). The maximum atomic E-state index is 4.39. The molecule has 0 aliphatic carbocycles. The van der Waals surface area contributed by atoms with Crippen molar-refractivity contribution < 1.29 is 0 Å². The second-order valence-electron chi connectivity index (χ2n) is 17.2. The highest BCUT2D eigenvalue weighted by molar-refractivity contribution is 4.93. The minimum absolute atomic E-state index is 0.935. The van der Waals surface area contributed by atoms with Crippen LogP contribution in [-0.2, 0) is 0 Å². The van der Waals surface area contributed by atoms with Gasteiger partial charge in [0.25, 0.3) is 0 Å². The van der Waals surface area contributed by atoms with Crippen LogP contribution in [0.1, 0.15) is 272 Å². The fraction of sp³-hybridized carbons (Fsp3) is 0.959. The normalized spacial score (nSPS) is 13.0. The number of hydrogen-bond donors (Lipinski definition) is 0. The van der Waals surface area contributed by atoms with Crippen molar-refractivity contribution in [1.29, 1.82) is 0 Å². The predicted molar refractivity (Wildman–Crippen MR) is 232 cm³/mol. The number of allylic oxidation sites excluding steroid dienone is 1. The molecular weight excluding hydrogens is 603 g/mol. The first kappa shape index (κ1) is 49.7. The molecule has 0 aliphatic rings. The van der Waals surface area contributed by atoms with Crippen LogP contribution in [0.3, 0.4) is 0 Å². The van der Waals surface area contributed by atoms with E-state index in [2.05, 4.69) is 46.1 Å². The molecule has 0 spiro atoms. The Balaban J connectivity index is 3.81. The molecule has 0 fully saturated rings. The second kappa shape index (κ2) is 41.5. The van der Waals surface area contributed by atoms with Gasteiger partial charge in [-0.3, -0.25) is 0 Å². The molecule has 0 aromatic rings. The van der Waals surface area contributed by atoms with Crippen LogP contribution in [-0.4, -0.2) is 24.5 Å². The van der Waals surface area contributed by atoms with Crippen molar-refractivity contribution in [2.24, 2.45) is 11.8 Å². The largest absolute Gasteiger partial charge is 0.303 e. The van der Waals surface area contributed by atoms with Crippen molar-refractivity contribution in [2.75, 3.05) is 19.6 Å². The quantitative estimate of drug-likeness (QED) is 0.0452. The van der Waals surface area contributed by atoms with Gasteiger partial charge in [-0.05, 0) is 82.8 Å². The maximum Gasteiger partial charge on any atom is -0.00187 e. The third-order valence-corrected chi connectivity index (χ3v) is 11.8. The summed E-state index contributed by atoms with van der Waals surface area (Å²) in [6.45, 7) is 20.3. The first-order chi connectivity index (χ1) is 24.6. The zero-order chi connectivity index (χ0) is 36.6. The van der Waals surface area contributed by atoms with Crippen molar-refractivity contribution >= 4 is 0 Å². The molecule has 0 N–H and O–H groups in total. The highest BCUT2D eigenvalue weighted by Crippen LogP contribution is 2.28.